The first-order valence-electron chi connectivity index (χ1n) is 9.72. The minimum atomic E-state index is -1.21. The molecule has 3 aromatic carbocycles. The van der Waals surface area contributed by atoms with Gasteiger partial charge in [0.25, 0.3) is 0 Å². The topological polar surface area (TPSA) is 75.6 Å². The first-order chi connectivity index (χ1) is 14.9. The molecule has 158 valence electrons. The van der Waals surface area contributed by atoms with Crippen molar-refractivity contribution in [2.45, 2.75) is 18.4 Å². The van der Waals surface area contributed by atoms with Gasteiger partial charge in [-0.15, -0.1) is 0 Å². The molecule has 0 heterocycles. The van der Waals surface area contributed by atoms with Gasteiger partial charge in [0.05, 0.1) is 0 Å². The number of carbonyl (C=O) groups is 2. The number of benzene rings is 3. The highest BCUT2D eigenvalue weighted by molar-refractivity contribution is 9.10. The number of alkyl carbamates (subject to hydrolysis) is 1. The summed E-state index contributed by atoms with van der Waals surface area (Å²) < 4.78 is 19.1. The summed E-state index contributed by atoms with van der Waals surface area (Å²) in [6, 6.07) is 18.7. The largest absolute Gasteiger partial charge is 0.480 e. The summed E-state index contributed by atoms with van der Waals surface area (Å²) in [5, 5.41) is 11.9. The van der Waals surface area contributed by atoms with Crippen LogP contribution in [0.2, 0.25) is 0 Å². The van der Waals surface area contributed by atoms with Crippen molar-refractivity contribution in [1.29, 1.82) is 0 Å². The fourth-order valence-corrected chi connectivity index (χ4v) is 4.40. The number of hydrogen-bond donors (Lipinski definition) is 2. The third kappa shape index (κ3) is 4.46. The number of carboxylic acids is 1. The zero-order chi connectivity index (χ0) is 22.0. The van der Waals surface area contributed by atoms with Gasteiger partial charge in [-0.1, -0.05) is 70.5 Å². The Bertz CT molecular complexity index is 1100. The predicted octanol–water partition coefficient (Wildman–Crippen LogP) is 5.12. The number of carboxylic acid groups (broad SMARTS) is 1. The Balaban J connectivity index is 1.44. The summed E-state index contributed by atoms with van der Waals surface area (Å²) in [6.45, 7) is 0.0897. The SMILES string of the molecule is O=C(NC(Cc1ccc(F)cc1Br)C(=O)O)OCC1c2ccccc2-c2ccccc21. The Kier molecular flexibility index (Phi) is 6.04. The Morgan fingerprint density at radius 3 is 2.23 bits per heavy atom. The molecule has 0 aliphatic heterocycles. The van der Waals surface area contributed by atoms with Gasteiger partial charge >= 0.3 is 12.1 Å². The van der Waals surface area contributed by atoms with Crippen LogP contribution in [0.4, 0.5) is 9.18 Å². The van der Waals surface area contributed by atoms with Gasteiger partial charge in [0.2, 0.25) is 0 Å². The lowest BCUT2D eigenvalue weighted by Crippen LogP contribution is -2.43. The summed E-state index contributed by atoms with van der Waals surface area (Å²) in [4.78, 5) is 24.0. The van der Waals surface area contributed by atoms with Gasteiger partial charge in [0, 0.05) is 16.8 Å². The van der Waals surface area contributed by atoms with E-state index in [-0.39, 0.29) is 18.9 Å². The molecule has 5 nitrogen and oxygen atoms in total. The number of carbonyl (C=O) groups excluding carboxylic acids is 1. The van der Waals surface area contributed by atoms with Gasteiger partial charge in [-0.3, -0.25) is 0 Å². The average molecular weight is 484 g/mol. The normalized spacial score (nSPS) is 13.2. The van der Waals surface area contributed by atoms with E-state index in [2.05, 4.69) is 21.2 Å². The van der Waals surface area contributed by atoms with Crippen molar-refractivity contribution in [3.63, 3.8) is 0 Å². The third-order valence-corrected chi connectivity index (χ3v) is 6.11. The number of halogens is 2. The summed E-state index contributed by atoms with van der Waals surface area (Å²) >= 11 is 3.22. The van der Waals surface area contributed by atoms with Crippen molar-refractivity contribution >= 4 is 28.0 Å². The molecule has 2 N–H and O–H groups in total. The second-order valence-corrected chi connectivity index (χ2v) is 8.15. The summed E-state index contributed by atoms with van der Waals surface area (Å²) in [5.41, 5.74) is 4.92. The van der Waals surface area contributed by atoms with E-state index in [9.17, 15) is 19.1 Å². The van der Waals surface area contributed by atoms with E-state index in [0.29, 0.717) is 10.0 Å². The van der Waals surface area contributed by atoms with Crippen LogP contribution in [0.25, 0.3) is 11.1 Å². The molecule has 7 heteroatoms. The molecule has 0 radical (unpaired) electrons. The van der Waals surface area contributed by atoms with E-state index in [0.717, 1.165) is 22.3 Å². The van der Waals surface area contributed by atoms with Crippen molar-refractivity contribution in [1.82, 2.24) is 5.32 Å². The molecule has 1 atom stereocenters. The monoisotopic (exact) mass is 483 g/mol. The van der Waals surface area contributed by atoms with Gasteiger partial charge in [-0.2, -0.15) is 0 Å². The summed E-state index contributed by atoms with van der Waals surface area (Å²) in [6.07, 6.45) is -0.826. The Morgan fingerprint density at radius 2 is 1.65 bits per heavy atom. The van der Waals surface area contributed by atoms with Gasteiger partial charge in [0.1, 0.15) is 18.5 Å². The van der Waals surface area contributed by atoms with Gasteiger partial charge in [0.15, 0.2) is 0 Å². The molecule has 3 aromatic rings. The van der Waals surface area contributed by atoms with Crippen LogP contribution in [0.15, 0.2) is 71.2 Å². The maximum absolute atomic E-state index is 13.3. The highest BCUT2D eigenvalue weighted by atomic mass is 79.9. The second kappa shape index (κ2) is 8.89. The van der Waals surface area contributed by atoms with Crippen LogP contribution in [0.5, 0.6) is 0 Å². The molecule has 0 spiro atoms. The first-order valence-corrected chi connectivity index (χ1v) is 10.5. The van der Waals surface area contributed by atoms with Crippen molar-refractivity contribution in [3.05, 3.63) is 93.7 Å². The quantitative estimate of drug-likeness (QED) is 0.509. The highest BCUT2D eigenvalue weighted by Gasteiger charge is 2.30. The number of amides is 1. The third-order valence-electron chi connectivity index (χ3n) is 5.37. The number of aliphatic carboxylic acids is 1. The molecule has 1 unspecified atom stereocenters. The lowest BCUT2D eigenvalue weighted by Gasteiger charge is -2.18. The Labute approximate surface area is 187 Å². The number of nitrogens with one attached hydrogen (secondary N) is 1. The molecule has 1 aliphatic carbocycles. The predicted molar refractivity (Wildman–Crippen MR) is 117 cm³/mol. The van der Waals surface area contributed by atoms with E-state index in [4.69, 9.17) is 4.74 Å². The van der Waals surface area contributed by atoms with Crippen LogP contribution in [0, 0.1) is 5.82 Å². The average Bonchev–Trinajstić information content (AvgIpc) is 3.07. The van der Waals surface area contributed by atoms with Crippen molar-refractivity contribution in [2.24, 2.45) is 0 Å². The van der Waals surface area contributed by atoms with E-state index in [1.54, 1.807) is 0 Å². The Hall–Kier alpha value is -3.19. The van der Waals surface area contributed by atoms with Crippen molar-refractivity contribution in [3.8, 4) is 11.1 Å². The zero-order valence-electron chi connectivity index (χ0n) is 16.3. The van der Waals surface area contributed by atoms with Gasteiger partial charge < -0.3 is 15.2 Å². The molecule has 0 fully saturated rings. The lowest BCUT2D eigenvalue weighted by atomic mass is 9.98. The van der Waals surface area contributed by atoms with Crippen molar-refractivity contribution < 1.29 is 23.8 Å². The molecular formula is C24H19BrFNO4. The molecular weight excluding hydrogens is 465 g/mol. The standard InChI is InChI=1S/C24H19BrFNO4/c25-21-12-15(26)10-9-14(21)11-22(23(28)29)27-24(30)31-13-20-18-7-3-1-5-16(18)17-6-2-4-8-19(17)20/h1-10,12,20,22H,11,13H2,(H,27,30)(H,28,29). The molecule has 0 bridgehead atoms. The zero-order valence-corrected chi connectivity index (χ0v) is 17.9. The van der Waals surface area contributed by atoms with E-state index in [1.807, 2.05) is 48.5 Å². The molecule has 31 heavy (non-hydrogen) atoms. The Morgan fingerprint density at radius 1 is 1.03 bits per heavy atom. The fraction of sp³-hybridized carbons (Fsp3) is 0.167. The second-order valence-electron chi connectivity index (χ2n) is 7.30. The maximum Gasteiger partial charge on any atom is 0.407 e. The number of fused-ring (bicyclic) bond motifs is 3. The van der Waals surface area contributed by atoms with Gasteiger partial charge in [-0.25, -0.2) is 14.0 Å². The number of hydrogen-bond acceptors (Lipinski definition) is 3. The molecule has 4 rings (SSSR count). The molecule has 0 saturated carbocycles. The van der Waals surface area contributed by atoms with Crippen LogP contribution >= 0.6 is 15.9 Å². The molecule has 1 amide bonds. The molecule has 0 saturated heterocycles. The smallest absolute Gasteiger partial charge is 0.407 e. The minimum absolute atomic E-state index is 0.0135. The van der Waals surface area contributed by atoms with Gasteiger partial charge in [-0.05, 0) is 39.9 Å². The van der Waals surface area contributed by atoms with Crippen LogP contribution in [-0.4, -0.2) is 29.8 Å². The minimum Gasteiger partial charge on any atom is -0.480 e. The van der Waals surface area contributed by atoms with Crippen LogP contribution in [0.3, 0.4) is 0 Å². The lowest BCUT2D eigenvalue weighted by molar-refractivity contribution is -0.139. The molecule has 0 aromatic heterocycles. The highest BCUT2D eigenvalue weighted by Crippen LogP contribution is 2.44. The van der Waals surface area contributed by atoms with E-state index in [1.165, 1.54) is 18.2 Å². The van der Waals surface area contributed by atoms with E-state index < -0.39 is 23.9 Å². The summed E-state index contributed by atoms with van der Waals surface area (Å²) in [7, 11) is 0. The number of rotatable bonds is 6. The van der Waals surface area contributed by atoms with Crippen molar-refractivity contribution in [2.75, 3.05) is 6.61 Å². The first kappa shape index (κ1) is 21.1. The van der Waals surface area contributed by atoms with Crippen LogP contribution in [0.1, 0.15) is 22.6 Å². The van der Waals surface area contributed by atoms with E-state index >= 15 is 0 Å². The summed E-state index contributed by atoms with van der Waals surface area (Å²) in [5.74, 6) is -1.76. The van der Waals surface area contributed by atoms with Crippen LogP contribution < -0.4 is 5.32 Å². The fourth-order valence-electron chi connectivity index (χ4n) is 3.89. The maximum atomic E-state index is 13.3. The van der Waals surface area contributed by atoms with Crippen LogP contribution in [-0.2, 0) is 16.0 Å². The molecule has 1 aliphatic rings. The number of ether oxygens (including phenoxy) is 1.